The Hall–Kier alpha value is -2.15. The van der Waals surface area contributed by atoms with E-state index >= 15 is 0 Å². The van der Waals surface area contributed by atoms with E-state index in [2.05, 4.69) is 26.2 Å². The van der Waals surface area contributed by atoms with E-state index in [-0.39, 0.29) is 11.7 Å². The Kier molecular flexibility index (Phi) is 3.98. The molecule has 1 aliphatic carbocycles. The molecule has 1 heterocycles. The van der Waals surface area contributed by atoms with Crippen molar-refractivity contribution in [1.29, 1.82) is 0 Å². The van der Waals surface area contributed by atoms with Crippen LogP contribution in [0.25, 0.3) is 0 Å². The molecular weight excluding hydrogens is 348 g/mol. The molecule has 1 unspecified atom stereocenters. The topological polar surface area (TPSA) is 94.1 Å². The first-order valence-corrected chi connectivity index (χ1v) is 7.78. The average molecular weight is 363 g/mol. The fourth-order valence-corrected chi connectivity index (χ4v) is 3.30. The zero-order valence-electron chi connectivity index (χ0n) is 11.8. The Morgan fingerprint density at radius 3 is 3.00 bits per heavy atom. The lowest BCUT2D eigenvalue weighted by Crippen LogP contribution is -2.18. The van der Waals surface area contributed by atoms with E-state index in [4.69, 9.17) is 5.73 Å². The van der Waals surface area contributed by atoms with Crippen LogP contribution in [0.15, 0.2) is 35.1 Å². The van der Waals surface area contributed by atoms with Gasteiger partial charge < -0.3 is 11.1 Å². The van der Waals surface area contributed by atoms with E-state index in [1.165, 1.54) is 11.8 Å². The lowest BCUT2D eigenvalue weighted by molar-refractivity contribution is -0.384. The summed E-state index contributed by atoms with van der Waals surface area (Å²) in [6.45, 7) is 0. The molecule has 1 aromatic heterocycles. The molecule has 0 saturated carbocycles. The lowest BCUT2D eigenvalue weighted by Gasteiger charge is -2.27. The molecular formula is C15H15BrN4O2. The Morgan fingerprint density at radius 1 is 1.41 bits per heavy atom. The van der Waals surface area contributed by atoms with Gasteiger partial charge in [-0.2, -0.15) is 0 Å². The second-order valence-corrected chi connectivity index (χ2v) is 6.17. The first-order valence-electron chi connectivity index (χ1n) is 6.99. The summed E-state index contributed by atoms with van der Waals surface area (Å²) in [4.78, 5) is 14.6. The number of fused-ring (bicyclic) bond motifs is 1. The molecule has 114 valence electrons. The van der Waals surface area contributed by atoms with E-state index in [0.29, 0.717) is 10.2 Å². The summed E-state index contributed by atoms with van der Waals surface area (Å²) in [5.74, 6) is 0. The van der Waals surface area contributed by atoms with E-state index in [1.54, 1.807) is 6.20 Å². The minimum absolute atomic E-state index is 0.0294. The van der Waals surface area contributed by atoms with Crippen LogP contribution in [-0.4, -0.2) is 9.91 Å². The Bertz CT molecular complexity index is 735. The van der Waals surface area contributed by atoms with Crippen molar-refractivity contribution < 1.29 is 4.92 Å². The van der Waals surface area contributed by atoms with E-state index in [9.17, 15) is 10.1 Å². The fraction of sp³-hybridized carbons (Fsp3) is 0.267. The van der Waals surface area contributed by atoms with Crippen LogP contribution in [0.2, 0.25) is 0 Å². The highest BCUT2D eigenvalue weighted by molar-refractivity contribution is 9.10. The van der Waals surface area contributed by atoms with Crippen molar-refractivity contribution in [3.05, 3.63) is 56.3 Å². The number of nitrogens with one attached hydrogen (secondary N) is 1. The summed E-state index contributed by atoms with van der Waals surface area (Å²) in [7, 11) is 0. The maximum atomic E-state index is 11.2. The monoisotopic (exact) mass is 362 g/mol. The van der Waals surface area contributed by atoms with Gasteiger partial charge in [0.1, 0.15) is 11.9 Å². The highest BCUT2D eigenvalue weighted by Crippen LogP contribution is 2.38. The van der Waals surface area contributed by atoms with Gasteiger partial charge in [-0.1, -0.05) is 6.07 Å². The number of aryl methyl sites for hydroxylation is 1. The molecule has 0 amide bonds. The van der Waals surface area contributed by atoms with Crippen molar-refractivity contribution in [2.45, 2.75) is 25.3 Å². The number of nitrogens with zero attached hydrogens (tertiary/aromatic N) is 2. The number of rotatable bonds is 3. The minimum atomic E-state index is -0.424. The molecule has 0 aliphatic heterocycles. The van der Waals surface area contributed by atoms with E-state index in [1.807, 2.05) is 18.2 Å². The number of anilines is 2. The highest BCUT2D eigenvalue weighted by Gasteiger charge is 2.25. The van der Waals surface area contributed by atoms with Gasteiger partial charge in [0.05, 0.1) is 15.4 Å². The molecule has 7 heteroatoms. The van der Waals surface area contributed by atoms with Crippen LogP contribution in [0.4, 0.5) is 17.1 Å². The predicted molar refractivity (Wildman–Crippen MR) is 88.7 cm³/mol. The first-order chi connectivity index (χ1) is 10.6. The van der Waals surface area contributed by atoms with Crippen molar-refractivity contribution in [3.8, 4) is 0 Å². The van der Waals surface area contributed by atoms with Gasteiger partial charge in [0.25, 0.3) is 0 Å². The number of nitro groups is 1. The van der Waals surface area contributed by atoms with Gasteiger partial charge in [-0.05, 0) is 58.5 Å². The van der Waals surface area contributed by atoms with Crippen molar-refractivity contribution in [1.82, 2.24) is 4.98 Å². The fourth-order valence-electron chi connectivity index (χ4n) is 2.86. The Morgan fingerprint density at radius 2 is 2.23 bits per heavy atom. The lowest BCUT2D eigenvalue weighted by atomic mass is 9.87. The molecule has 6 nitrogen and oxygen atoms in total. The number of pyridine rings is 1. The second-order valence-electron chi connectivity index (χ2n) is 5.32. The number of hydrogen-bond acceptors (Lipinski definition) is 5. The Labute approximate surface area is 136 Å². The molecule has 0 radical (unpaired) electrons. The van der Waals surface area contributed by atoms with Crippen LogP contribution < -0.4 is 11.1 Å². The van der Waals surface area contributed by atoms with Crippen molar-refractivity contribution in [3.63, 3.8) is 0 Å². The summed E-state index contributed by atoms with van der Waals surface area (Å²) in [5, 5.41) is 14.5. The largest absolute Gasteiger partial charge is 0.399 e. The van der Waals surface area contributed by atoms with Gasteiger partial charge >= 0.3 is 5.69 Å². The summed E-state index contributed by atoms with van der Waals surface area (Å²) in [5.41, 5.74) is 9.38. The zero-order chi connectivity index (χ0) is 15.7. The summed E-state index contributed by atoms with van der Waals surface area (Å²) >= 11 is 3.34. The molecule has 1 aliphatic rings. The summed E-state index contributed by atoms with van der Waals surface area (Å²) in [6.07, 6.45) is 5.74. The number of halogens is 1. The third-order valence-electron chi connectivity index (χ3n) is 3.88. The van der Waals surface area contributed by atoms with Crippen LogP contribution in [0.1, 0.15) is 30.0 Å². The van der Waals surface area contributed by atoms with Gasteiger partial charge in [-0.25, -0.2) is 0 Å². The smallest absolute Gasteiger partial charge is 0.311 e. The molecule has 1 atom stereocenters. The Balaban J connectivity index is 1.98. The van der Waals surface area contributed by atoms with E-state index in [0.717, 1.165) is 30.5 Å². The van der Waals surface area contributed by atoms with Gasteiger partial charge in [0, 0.05) is 11.9 Å². The second kappa shape index (κ2) is 5.92. The highest BCUT2D eigenvalue weighted by atomic mass is 79.9. The number of nitrogens with two attached hydrogens (primary N) is 1. The summed E-state index contributed by atoms with van der Waals surface area (Å²) in [6, 6.07) is 5.89. The molecule has 22 heavy (non-hydrogen) atoms. The standard InChI is InChI=1S/C15H15BrN4O2/c16-12-7-18-8-14(20(21)22)15(12)19-13-3-1-2-9-6-10(17)4-5-11(9)13/h4-8,13H,1-3,17H2,(H,18,19). The molecule has 0 saturated heterocycles. The van der Waals surface area contributed by atoms with Gasteiger partial charge in [0.2, 0.25) is 0 Å². The molecule has 0 fully saturated rings. The SMILES string of the molecule is Nc1ccc2c(c1)CCCC2Nc1c(Br)cncc1[N+](=O)[O-]. The van der Waals surface area contributed by atoms with Crippen LogP contribution in [0.3, 0.4) is 0 Å². The van der Waals surface area contributed by atoms with Gasteiger partial charge in [0.15, 0.2) is 0 Å². The predicted octanol–water partition coefficient (Wildman–Crippen LogP) is 3.82. The van der Waals surface area contributed by atoms with Crippen molar-refractivity contribution >= 4 is 33.0 Å². The number of aromatic nitrogens is 1. The first kappa shape index (κ1) is 14.8. The number of hydrogen-bond donors (Lipinski definition) is 2. The molecule has 3 N–H and O–H groups in total. The normalized spacial score (nSPS) is 16.9. The van der Waals surface area contributed by atoms with Gasteiger partial charge in [-0.15, -0.1) is 0 Å². The maximum absolute atomic E-state index is 11.2. The van der Waals surface area contributed by atoms with Crippen LogP contribution in [0.5, 0.6) is 0 Å². The van der Waals surface area contributed by atoms with Crippen molar-refractivity contribution in [2.75, 3.05) is 11.1 Å². The van der Waals surface area contributed by atoms with Gasteiger partial charge in [-0.3, -0.25) is 15.1 Å². The molecule has 0 bridgehead atoms. The van der Waals surface area contributed by atoms with E-state index < -0.39 is 4.92 Å². The van der Waals surface area contributed by atoms with Crippen LogP contribution >= 0.6 is 15.9 Å². The minimum Gasteiger partial charge on any atom is -0.399 e. The van der Waals surface area contributed by atoms with Crippen molar-refractivity contribution in [2.24, 2.45) is 0 Å². The quantitative estimate of drug-likeness (QED) is 0.491. The average Bonchev–Trinajstić information content (AvgIpc) is 2.48. The van der Waals surface area contributed by atoms with Crippen LogP contribution in [0, 0.1) is 10.1 Å². The summed E-state index contributed by atoms with van der Waals surface area (Å²) < 4.78 is 0.587. The number of benzene rings is 1. The maximum Gasteiger partial charge on any atom is 0.311 e. The molecule has 3 rings (SSSR count). The molecule has 2 aromatic rings. The molecule has 0 spiro atoms. The number of nitrogen functional groups attached to an aromatic ring is 1. The third-order valence-corrected chi connectivity index (χ3v) is 4.48. The third kappa shape index (κ3) is 2.76. The zero-order valence-corrected chi connectivity index (χ0v) is 13.3. The molecule has 1 aromatic carbocycles. The van der Waals surface area contributed by atoms with Crippen LogP contribution in [-0.2, 0) is 6.42 Å².